The van der Waals surface area contributed by atoms with Gasteiger partial charge in [0.15, 0.2) is 0 Å². The van der Waals surface area contributed by atoms with Crippen LogP contribution in [0.25, 0.3) is 0 Å². The van der Waals surface area contributed by atoms with Crippen molar-refractivity contribution in [1.82, 2.24) is 5.32 Å². The molecule has 1 aromatic rings. The van der Waals surface area contributed by atoms with Crippen LogP contribution in [-0.2, 0) is 11.3 Å². The van der Waals surface area contributed by atoms with Crippen LogP contribution in [0.4, 0.5) is 0 Å². The van der Waals surface area contributed by atoms with E-state index >= 15 is 0 Å². The normalized spacial score (nSPS) is 17.6. The minimum Gasteiger partial charge on any atom is -0.373 e. The van der Waals surface area contributed by atoms with E-state index in [2.05, 4.69) is 37.4 Å². The number of nitrogens with one attached hydrogen (secondary N) is 1. The van der Waals surface area contributed by atoms with Crippen molar-refractivity contribution >= 4 is 0 Å². The lowest BCUT2D eigenvalue weighted by molar-refractivity contribution is 0.0210. The van der Waals surface area contributed by atoms with Crippen LogP contribution in [0.1, 0.15) is 29.5 Å². The summed E-state index contributed by atoms with van der Waals surface area (Å²) >= 11 is 0. The first-order valence-corrected chi connectivity index (χ1v) is 6.14. The Hall–Kier alpha value is -0.860. The van der Waals surface area contributed by atoms with Crippen LogP contribution in [0.3, 0.4) is 0 Å². The smallest absolute Gasteiger partial charge is 0.0723 e. The maximum absolute atomic E-state index is 5.96. The summed E-state index contributed by atoms with van der Waals surface area (Å²) in [6.07, 6.45) is 2.73. The molecule has 1 aromatic carbocycles. The fraction of sp³-hybridized carbons (Fsp3) is 0.571. The molecule has 0 aliphatic carbocycles. The maximum atomic E-state index is 5.96. The molecule has 2 heteroatoms. The van der Waals surface area contributed by atoms with Crippen LogP contribution in [0.2, 0.25) is 0 Å². The lowest BCUT2D eigenvalue weighted by Crippen LogP contribution is -2.32. The lowest BCUT2D eigenvalue weighted by Gasteiger charge is -2.23. The molecule has 0 spiro atoms. The average molecular weight is 219 g/mol. The van der Waals surface area contributed by atoms with Gasteiger partial charge in [-0.3, -0.25) is 0 Å². The second-order valence-electron chi connectivity index (χ2n) is 4.69. The molecule has 0 aromatic heterocycles. The Balaban J connectivity index is 1.90. The van der Waals surface area contributed by atoms with Gasteiger partial charge in [0, 0.05) is 0 Å². The molecule has 0 unspecified atom stereocenters. The van der Waals surface area contributed by atoms with E-state index in [4.69, 9.17) is 4.74 Å². The van der Waals surface area contributed by atoms with Gasteiger partial charge in [0.2, 0.25) is 0 Å². The molecular formula is C14H21NO. The fourth-order valence-corrected chi connectivity index (χ4v) is 2.13. The maximum Gasteiger partial charge on any atom is 0.0723 e. The Labute approximate surface area is 98.0 Å². The van der Waals surface area contributed by atoms with Gasteiger partial charge in [-0.15, -0.1) is 0 Å². The minimum absolute atomic E-state index is 0.446. The highest BCUT2D eigenvalue weighted by Gasteiger charge is 2.13. The number of aryl methyl sites for hydroxylation is 2. The Kier molecular flexibility index (Phi) is 3.97. The van der Waals surface area contributed by atoms with Crippen LogP contribution >= 0.6 is 0 Å². The van der Waals surface area contributed by atoms with Crippen molar-refractivity contribution in [3.63, 3.8) is 0 Å². The fourth-order valence-electron chi connectivity index (χ4n) is 2.13. The second-order valence-corrected chi connectivity index (χ2v) is 4.69. The van der Waals surface area contributed by atoms with Crippen molar-refractivity contribution in [2.75, 3.05) is 13.1 Å². The molecule has 16 heavy (non-hydrogen) atoms. The van der Waals surface area contributed by atoms with E-state index in [-0.39, 0.29) is 0 Å². The summed E-state index contributed by atoms with van der Waals surface area (Å²) in [6.45, 7) is 7.24. The Morgan fingerprint density at radius 2 is 2.00 bits per heavy atom. The predicted molar refractivity (Wildman–Crippen MR) is 66.6 cm³/mol. The van der Waals surface area contributed by atoms with Gasteiger partial charge in [-0.25, -0.2) is 0 Å². The molecule has 2 nitrogen and oxygen atoms in total. The van der Waals surface area contributed by atoms with Gasteiger partial charge in [0.1, 0.15) is 0 Å². The standard InChI is InChI=1S/C14H21NO/c1-11-3-4-12(2)13(9-11)10-16-14-5-7-15-8-6-14/h3-4,9,14-15H,5-8,10H2,1-2H3. The number of hydrogen-bond acceptors (Lipinski definition) is 2. The first-order valence-electron chi connectivity index (χ1n) is 6.14. The molecular weight excluding hydrogens is 198 g/mol. The number of ether oxygens (including phenoxy) is 1. The highest BCUT2D eigenvalue weighted by Crippen LogP contribution is 2.15. The molecule has 1 N–H and O–H groups in total. The Morgan fingerprint density at radius 1 is 1.25 bits per heavy atom. The van der Waals surface area contributed by atoms with Crippen molar-refractivity contribution in [2.24, 2.45) is 0 Å². The average Bonchev–Trinajstić information content (AvgIpc) is 2.32. The molecule has 0 amide bonds. The summed E-state index contributed by atoms with van der Waals surface area (Å²) in [7, 11) is 0. The third-order valence-electron chi connectivity index (χ3n) is 3.27. The van der Waals surface area contributed by atoms with E-state index in [9.17, 15) is 0 Å². The predicted octanol–water partition coefficient (Wildman–Crippen LogP) is 2.57. The van der Waals surface area contributed by atoms with E-state index < -0.39 is 0 Å². The summed E-state index contributed by atoms with van der Waals surface area (Å²) < 4.78 is 5.96. The number of rotatable bonds is 3. The van der Waals surface area contributed by atoms with Crippen molar-refractivity contribution in [3.05, 3.63) is 34.9 Å². The van der Waals surface area contributed by atoms with E-state index in [0.29, 0.717) is 6.10 Å². The van der Waals surface area contributed by atoms with Crippen molar-refractivity contribution in [3.8, 4) is 0 Å². The summed E-state index contributed by atoms with van der Waals surface area (Å²) in [4.78, 5) is 0. The molecule has 2 rings (SSSR count). The topological polar surface area (TPSA) is 21.3 Å². The third kappa shape index (κ3) is 3.06. The molecule has 1 aliphatic heterocycles. The number of piperidine rings is 1. The molecule has 1 saturated heterocycles. The van der Waals surface area contributed by atoms with Crippen LogP contribution in [-0.4, -0.2) is 19.2 Å². The summed E-state index contributed by atoms with van der Waals surface area (Å²) in [5.74, 6) is 0. The van der Waals surface area contributed by atoms with E-state index in [0.717, 1.165) is 32.5 Å². The molecule has 0 bridgehead atoms. The Bertz CT molecular complexity index is 343. The minimum atomic E-state index is 0.446. The highest BCUT2D eigenvalue weighted by molar-refractivity contribution is 5.29. The van der Waals surface area contributed by atoms with Gasteiger partial charge in [0.05, 0.1) is 12.7 Å². The van der Waals surface area contributed by atoms with Gasteiger partial charge in [-0.05, 0) is 50.9 Å². The van der Waals surface area contributed by atoms with Crippen molar-refractivity contribution in [2.45, 2.75) is 39.4 Å². The molecule has 0 radical (unpaired) electrons. The summed E-state index contributed by atoms with van der Waals surface area (Å²) in [5, 5.41) is 3.35. The van der Waals surface area contributed by atoms with Gasteiger partial charge < -0.3 is 10.1 Å². The lowest BCUT2D eigenvalue weighted by atomic mass is 10.1. The van der Waals surface area contributed by atoms with Gasteiger partial charge >= 0.3 is 0 Å². The summed E-state index contributed by atoms with van der Waals surface area (Å²) in [5.41, 5.74) is 3.98. The second kappa shape index (κ2) is 5.46. The first kappa shape index (κ1) is 11.6. The quantitative estimate of drug-likeness (QED) is 0.843. The molecule has 1 fully saturated rings. The van der Waals surface area contributed by atoms with Crippen LogP contribution in [0.5, 0.6) is 0 Å². The SMILES string of the molecule is Cc1ccc(C)c(COC2CCNCC2)c1. The molecule has 88 valence electrons. The van der Waals surface area contributed by atoms with Crippen molar-refractivity contribution < 1.29 is 4.74 Å². The molecule has 1 heterocycles. The van der Waals surface area contributed by atoms with E-state index in [1.807, 2.05) is 0 Å². The molecule has 0 atom stereocenters. The summed E-state index contributed by atoms with van der Waals surface area (Å²) in [6, 6.07) is 6.57. The Morgan fingerprint density at radius 3 is 2.75 bits per heavy atom. The highest BCUT2D eigenvalue weighted by atomic mass is 16.5. The van der Waals surface area contributed by atoms with Crippen LogP contribution in [0, 0.1) is 13.8 Å². The van der Waals surface area contributed by atoms with Gasteiger partial charge in [-0.2, -0.15) is 0 Å². The molecule has 1 aliphatic rings. The largest absolute Gasteiger partial charge is 0.373 e. The van der Waals surface area contributed by atoms with Gasteiger partial charge in [0.25, 0.3) is 0 Å². The number of benzene rings is 1. The van der Waals surface area contributed by atoms with E-state index in [1.165, 1.54) is 16.7 Å². The zero-order valence-electron chi connectivity index (χ0n) is 10.3. The zero-order chi connectivity index (χ0) is 11.4. The molecule has 0 saturated carbocycles. The number of hydrogen-bond donors (Lipinski definition) is 1. The van der Waals surface area contributed by atoms with Crippen LogP contribution < -0.4 is 5.32 Å². The third-order valence-corrected chi connectivity index (χ3v) is 3.27. The van der Waals surface area contributed by atoms with E-state index in [1.54, 1.807) is 0 Å². The van der Waals surface area contributed by atoms with Gasteiger partial charge in [-0.1, -0.05) is 23.8 Å². The van der Waals surface area contributed by atoms with Crippen molar-refractivity contribution in [1.29, 1.82) is 0 Å². The monoisotopic (exact) mass is 219 g/mol. The zero-order valence-corrected chi connectivity index (χ0v) is 10.3. The van der Waals surface area contributed by atoms with Crippen LogP contribution in [0.15, 0.2) is 18.2 Å². The first-order chi connectivity index (χ1) is 7.75.